The van der Waals surface area contributed by atoms with E-state index in [1.54, 1.807) is 18.6 Å². The monoisotopic (exact) mass is 296 g/mol. The highest BCUT2D eigenvalue weighted by Crippen LogP contribution is 2.18. The lowest BCUT2D eigenvalue weighted by Crippen LogP contribution is -2.26. The third kappa shape index (κ3) is 2.78. The normalized spacial score (nSPS) is 10.5. The van der Waals surface area contributed by atoms with E-state index < -0.39 is 18.1 Å². The van der Waals surface area contributed by atoms with Crippen molar-refractivity contribution in [1.82, 2.24) is 19.3 Å². The van der Waals surface area contributed by atoms with E-state index in [0.29, 0.717) is 5.69 Å². The SMILES string of the molecule is O=C(O)Cn1nc(-c2ccc(-n3ccnc3)cc2)ccc1=O. The van der Waals surface area contributed by atoms with E-state index in [2.05, 4.69) is 10.1 Å². The molecule has 0 fully saturated rings. The van der Waals surface area contributed by atoms with Crippen LogP contribution in [0.15, 0.2) is 59.9 Å². The molecule has 0 spiro atoms. The van der Waals surface area contributed by atoms with E-state index in [0.717, 1.165) is 15.9 Å². The molecule has 2 heterocycles. The molecule has 22 heavy (non-hydrogen) atoms. The topological polar surface area (TPSA) is 90.0 Å². The van der Waals surface area contributed by atoms with E-state index in [4.69, 9.17) is 5.11 Å². The molecule has 1 N–H and O–H groups in total. The van der Waals surface area contributed by atoms with Gasteiger partial charge in [-0.05, 0) is 18.2 Å². The summed E-state index contributed by atoms with van der Waals surface area (Å²) in [5.41, 5.74) is 1.84. The van der Waals surface area contributed by atoms with Gasteiger partial charge in [-0.3, -0.25) is 9.59 Å². The zero-order valence-electron chi connectivity index (χ0n) is 11.5. The maximum absolute atomic E-state index is 11.6. The number of hydrogen-bond donors (Lipinski definition) is 1. The standard InChI is InChI=1S/C15H12N4O3/c20-14-6-5-13(17-19(14)9-15(21)22)11-1-3-12(4-2-11)18-8-7-16-10-18/h1-8,10H,9H2,(H,21,22). The quantitative estimate of drug-likeness (QED) is 0.780. The third-order valence-electron chi connectivity index (χ3n) is 3.12. The third-order valence-corrected chi connectivity index (χ3v) is 3.12. The van der Waals surface area contributed by atoms with Gasteiger partial charge >= 0.3 is 5.97 Å². The van der Waals surface area contributed by atoms with Gasteiger partial charge in [0.15, 0.2) is 0 Å². The van der Waals surface area contributed by atoms with Gasteiger partial charge < -0.3 is 9.67 Å². The Morgan fingerprint density at radius 1 is 1.14 bits per heavy atom. The van der Waals surface area contributed by atoms with E-state index in [1.165, 1.54) is 6.07 Å². The number of aliphatic carboxylic acids is 1. The summed E-state index contributed by atoms with van der Waals surface area (Å²) in [5.74, 6) is -1.11. The Hall–Kier alpha value is -3.22. The Balaban J connectivity index is 1.94. The van der Waals surface area contributed by atoms with E-state index >= 15 is 0 Å². The molecule has 2 aromatic heterocycles. The molecular weight excluding hydrogens is 284 g/mol. The van der Waals surface area contributed by atoms with Gasteiger partial charge in [-0.2, -0.15) is 5.10 Å². The van der Waals surface area contributed by atoms with Crippen molar-refractivity contribution in [3.8, 4) is 16.9 Å². The minimum Gasteiger partial charge on any atom is -0.480 e. The highest BCUT2D eigenvalue weighted by atomic mass is 16.4. The number of hydrogen-bond acceptors (Lipinski definition) is 4. The van der Waals surface area contributed by atoms with Crippen molar-refractivity contribution in [2.75, 3.05) is 0 Å². The van der Waals surface area contributed by atoms with Crippen LogP contribution < -0.4 is 5.56 Å². The second kappa shape index (κ2) is 5.65. The van der Waals surface area contributed by atoms with Crippen LogP contribution in [0.1, 0.15) is 0 Å². The molecule has 0 bridgehead atoms. The van der Waals surface area contributed by atoms with Crippen LogP contribution in [0.5, 0.6) is 0 Å². The smallest absolute Gasteiger partial charge is 0.325 e. The molecule has 7 heteroatoms. The average Bonchev–Trinajstić information content (AvgIpc) is 3.04. The highest BCUT2D eigenvalue weighted by molar-refractivity contribution is 5.66. The number of imidazole rings is 1. The molecule has 0 saturated carbocycles. The summed E-state index contributed by atoms with van der Waals surface area (Å²) in [5, 5.41) is 12.9. The molecule has 0 unspecified atom stereocenters. The minimum absolute atomic E-state index is 0.443. The fourth-order valence-electron chi connectivity index (χ4n) is 2.06. The predicted octanol–water partition coefficient (Wildman–Crippen LogP) is 1.18. The molecule has 3 rings (SSSR count). The second-order valence-corrected chi connectivity index (χ2v) is 4.63. The number of carboxylic acid groups (broad SMARTS) is 1. The summed E-state index contributed by atoms with van der Waals surface area (Å²) in [7, 11) is 0. The maximum Gasteiger partial charge on any atom is 0.325 e. The molecule has 1 aromatic carbocycles. The van der Waals surface area contributed by atoms with Crippen molar-refractivity contribution >= 4 is 5.97 Å². The van der Waals surface area contributed by atoms with Gasteiger partial charge in [-0.1, -0.05) is 12.1 Å². The lowest BCUT2D eigenvalue weighted by atomic mass is 10.1. The lowest BCUT2D eigenvalue weighted by molar-refractivity contribution is -0.138. The molecule has 0 aliphatic heterocycles. The van der Waals surface area contributed by atoms with Crippen molar-refractivity contribution in [3.05, 3.63) is 65.5 Å². The number of rotatable bonds is 4. The first-order valence-corrected chi connectivity index (χ1v) is 6.52. The summed E-state index contributed by atoms with van der Waals surface area (Å²) in [4.78, 5) is 26.3. The average molecular weight is 296 g/mol. The number of aromatic nitrogens is 4. The van der Waals surface area contributed by atoms with Gasteiger partial charge in [0.2, 0.25) is 0 Å². The van der Waals surface area contributed by atoms with Crippen molar-refractivity contribution in [1.29, 1.82) is 0 Å². The molecule has 0 amide bonds. The number of carbonyl (C=O) groups is 1. The molecule has 0 aliphatic rings. The Kier molecular flexibility index (Phi) is 3.53. The van der Waals surface area contributed by atoms with E-state index in [-0.39, 0.29) is 0 Å². The lowest BCUT2D eigenvalue weighted by Gasteiger charge is -2.06. The summed E-state index contributed by atoms with van der Waals surface area (Å²) >= 11 is 0. The Morgan fingerprint density at radius 2 is 1.91 bits per heavy atom. The highest BCUT2D eigenvalue weighted by Gasteiger charge is 2.07. The molecule has 0 atom stereocenters. The summed E-state index contributed by atoms with van der Waals surface area (Å²) in [6, 6.07) is 10.4. The Labute approximate surface area is 125 Å². The van der Waals surface area contributed by atoms with E-state index in [9.17, 15) is 9.59 Å². The zero-order chi connectivity index (χ0) is 15.5. The van der Waals surface area contributed by atoms with Crippen molar-refractivity contribution in [3.63, 3.8) is 0 Å². The first kappa shape index (κ1) is 13.7. The minimum atomic E-state index is -1.11. The predicted molar refractivity (Wildman–Crippen MR) is 78.7 cm³/mol. The molecule has 110 valence electrons. The van der Waals surface area contributed by atoms with Crippen LogP contribution in [0, 0.1) is 0 Å². The molecular formula is C15H12N4O3. The zero-order valence-corrected chi connectivity index (χ0v) is 11.5. The second-order valence-electron chi connectivity index (χ2n) is 4.63. The van der Waals surface area contributed by atoms with Gasteiger partial charge in [0, 0.05) is 29.7 Å². The van der Waals surface area contributed by atoms with Crippen LogP contribution in [0.4, 0.5) is 0 Å². The molecule has 0 saturated heterocycles. The number of carboxylic acids is 1. The van der Waals surface area contributed by atoms with E-state index in [1.807, 2.05) is 35.0 Å². The van der Waals surface area contributed by atoms with Crippen molar-refractivity contribution in [2.45, 2.75) is 6.54 Å². The van der Waals surface area contributed by atoms with Gasteiger partial charge in [0.25, 0.3) is 5.56 Å². The van der Waals surface area contributed by atoms with Crippen LogP contribution in [-0.2, 0) is 11.3 Å². The molecule has 0 radical (unpaired) electrons. The van der Waals surface area contributed by atoms with Gasteiger partial charge in [0.1, 0.15) is 6.54 Å². The van der Waals surface area contributed by atoms with Crippen molar-refractivity contribution in [2.24, 2.45) is 0 Å². The van der Waals surface area contributed by atoms with Gasteiger partial charge in [-0.25, -0.2) is 9.67 Å². The van der Waals surface area contributed by atoms with Crippen LogP contribution in [0.3, 0.4) is 0 Å². The van der Waals surface area contributed by atoms with Crippen LogP contribution in [-0.4, -0.2) is 30.4 Å². The number of benzene rings is 1. The molecule has 0 aliphatic carbocycles. The fourth-order valence-corrected chi connectivity index (χ4v) is 2.06. The van der Waals surface area contributed by atoms with Crippen LogP contribution >= 0.6 is 0 Å². The van der Waals surface area contributed by atoms with Crippen LogP contribution in [0.25, 0.3) is 16.9 Å². The summed E-state index contributed by atoms with van der Waals surface area (Å²) in [6.07, 6.45) is 5.22. The van der Waals surface area contributed by atoms with Crippen molar-refractivity contribution < 1.29 is 9.90 Å². The molecule has 3 aromatic rings. The Morgan fingerprint density at radius 3 is 2.55 bits per heavy atom. The van der Waals surface area contributed by atoms with Gasteiger partial charge in [0.05, 0.1) is 12.0 Å². The first-order valence-electron chi connectivity index (χ1n) is 6.52. The maximum atomic E-state index is 11.6. The summed E-state index contributed by atoms with van der Waals surface area (Å²) < 4.78 is 2.80. The van der Waals surface area contributed by atoms with Crippen LogP contribution in [0.2, 0.25) is 0 Å². The molecule has 7 nitrogen and oxygen atoms in total. The van der Waals surface area contributed by atoms with Gasteiger partial charge in [-0.15, -0.1) is 0 Å². The first-order chi connectivity index (χ1) is 10.6. The fraction of sp³-hybridized carbons (Fsp3) is 0.0667. The summed E-state index contributed by atoms with van der Waals surface area (Å²) in [6.45, 7) is -0.459. The number of nitrogens with zero attached hydrogens (tertiary/aromatic N) is 4. The largest absolute Gasteiger partial charge is 0.480 e. The Bertz CT molecular complexity index is 851.